The van der Waals surface area contributed by atoms with Crippen molar-refractivity contribution in [2.45, 2.75) is 66.2 Å². The highest BCUT2D eigenvalue weighted by Gasteiger charge is 2.04. The Balaban J connectivity index is 2.12. The van der Waals surface area contributed by atoms with Crippen LogP contribution >= 0.6 is 0 Å². The predicted octanol–water partition coefficient (Wildman–Crippen LogP) is 6.97. The maximum Gasteiger partial charge on any atom is -0.0259 e. The molecule has 0 saturated carbocycles. The second-order valence-corrected chi connectivity index (χ2v) is 7.11. The minimum atomic E-state index is 0.688. The molecular weight excluding hydrogens is 252 g/mol. The molecule has 0 N–H and O–H groups in total. The minimum absolute atomic E-state index is 0.688. The largest absolute Gasteiger partial charge is 0.0811 e. The molecule has 2 unspecified atom stereocenters. The molecule has 0 aromatic heterocycles. The van der Waals surface area contributed by atoms with Gasteiger partial charge in [-0.05, 0) is 29.7 Å². The lowest BCUT2D eigenvalue weighted by Crippen LogP contribution is -1.98. The van der Waals surface area contributed by atoms with E-state index in [0.29, 0.717) is 5.92 Å². The van der Waals surface area contributed by atoms with Gasteiger partial charge in [-0.2, -0.15) is 0 Å². The summed E-state index contributed by atoms with van der Waals surface area (Å²) in [5, 5.41) is 0. The minimum Gasteiger partial charge on any atom is -0.0811 e. The molecule has 0 radical (unpaired) electrons. The third-order valence-corrected chi connectivity index (χ3v) is 4.25. The summed E-state index contributed by atoms with van der Waals surface area (Å²) in [6, 6.07) is 10.6. The van der Waals surface area contributed by atoms with Crippen LogP contribution in [-0.4, -0.2) is 0 Å². The predicted molar refractivity (Wildman–Crippen MR) is 96.3 cm³/mol. The molecule has 21 heavy (non-hydrogen) atoms. The number of benzene rings is 1. The summed E-state index contributed by atoms with van der Waals surface area (Å²) < 4.78 is 0. The zero-order valence-electron chi connectivity index (χ0n) is 14.5. The van der Waals surface area contributed by atoms with Crippen LogP contribution in [0, 0.1) is 17.8 Å². The maximum atomic E-state index is 2.42. The van der Waals surface area contributed by atoms with Crippen molar-refractivity contribution in [3.8, 4) is 0 Å². The van der Waals surface area contributed by atoms with Crippen LogP contribution in [0.15, 0.2) is 36.4 Å². The molecule has 0 heteroatoms. The molecule has 0 saturated heterocycles. The van der Waals surface area contributed by atoms with Gasteiger partial charge in [-0.25, -0.2) is 0 Å². The Morgan fingerprint density at radius 1 is 0.810 bits per heavy atom. The number of hydrogen-bond acceptors (Lipinski definition) is 0. The highest BCUT2D eigenvalue weighted by molar-refractivity contribution is 5.48. The van der Waals surface area contributed by atoms with Gasteiger partial charge in [0.15, 0.2) is 0 Å². The van der Waals surface area contributed by atoms with Gasteiger partial charge in [-0.15, -0.1) is 0 Å². The molecule has 1 aromatic rings. The fourth-order valence-electron chi connectivity index (χ4n) is 2.74. The van der Waals surface area contributed by atoms with E-state index in [4.69, 9.17) is 0 Å². The van der Waals surface area contributed by atoms with E-state index in [1.807, 2.05) is 0 Å². The molecule has 0 aliphatic heterocycles. The molecule has 118 valence electrons. The van der Waals surface area contributed by atoms with Crippen LogP contribution in [0.1, 0.15) is 71.8 Å². The van der Waals surface area contributed by atoms with Gasteiger partial charge < -0.3 is 0 Å². The topological polar surface area (TPSA) is 0 Å². The van der Waals surface area contributed by atoms with Gasteiger partial charge in [0.25, 0.3) is 0 Å². The highest BCUT2D eigenvalue weighted by Crippen LogP contribution is 2.20. The number of hydrogen-bond donors (Lipinski definition) is 0. The van der Waals surface area contributed by atoms with Gasteiger partial charge in [0.2, 0.25) is 0 Å². The molecule has 0 aliphatic carbocycles. The number of rotatable bonds is 10. The smallest absolute Gasteiger partial charge is 0.0259 e. The fraction of sp³-hybridized carbons (Fsp3) is 0.619. The lowest BCUT2D eigenvalue weighted by Gasteiger charge is -2.13. The molecular formula is C21H34. The summed E-state index contributed by atoms with van der Waals surface area (Å²) in [7, 11) is 0. The average Bonchev–Trinajstić information content (AvgIpc) is 2.46. The van der Waals surface area contributed by atoms with Crippen LogP contribution in [0.2, 0.25) is 0 Å². The van der Waals surface area contributed by atoms with Crippen molar-refractivity contribution >= 4 is 6.08 Å². The zero-order chi connectivity index (χ0) is 15.5. The van der Waals surface area contributed by atoms with Crippen LogP contribution in [0.25, 0.3) is 6.08 Å². The first-order chi connectivity index (χ1) is 10.1. The summed E-state index contributed by atoms with van der Waals surface area (Å²) in [6.07, 6.45) is 12.9. The van der Waals surface area contributed by atoms with E-state index in [9.17, 15) is 0 Å². The van der Waals surface area contributed by atoms with E-state index < -0.39 is 0 Å². The van der Waals surface area contributed by atoms with Gasteiger partial charge >= 0.3 is 0 Å². The van der Waals surface area contributed by atoms with Gasteiger partial charge in [0.05, 0.1) is 0 Å². The Hall–Kier alpha value is -1.04. The van der Waals surface area contributed by atoms with E-state index in [0.717, 1.165) is 11.8 Å². The van der Waals surface area contributed by atoms with Crippen LogP contribution in [-0.2, 0) is 0 Å². The Labute approximate surface area is 132 Å². The number of allylic oxidation sites excluding steroid dienone is 1. The van der Waals surface area contributed by atoms with Crippen LogP contribution in [0.5, 0.6) is 0 Å². The Morgan fingerprint density at radius 3 is 2.05 bits per heavy atom. The monoisotopic (exact) mass is 286 g/mol. The van der Waals surface area contributed by atoms with Crippen molar-refractivity contribution in [1.82, 2.24) is 0 Å². The second kappa shape index (κ2) is 10.7. The summed E-state index contributed by atoms with van der Waals surface area (Å²) in [5.74, 6) is 2.45. The van der Waals surface area contributed by atoms with E-state index in [-0.39, 0.29) is 0 Å². The first-order valence-corrected chi connectivity index (χ1v) is 8.81. The second-order valence-electron chi connectivity index (χ2n) is 7.11. The Morgan fingerprint density at radius 2 is 1.43 bits per heavy atom. The highest BCUT2D eigenvalue weighted by atomic mass is 14.1. The van der Waals surface area contributed by atoms with Crippen LogP contribution in [0.4, 0.5) is 0 Å². The molecule has 0 amide bonds. The normalized spacial score (nSPS) is 14.7. The molecule has 0 aliphatic rings. The van der Waals surface area contributed by atoms with Crippen molar-refractivity contribution in [1.29, 1.82) is 0 Å². The lowest BCUT2D eigenvalue weighted by atomic mass is 9.93. The quantitative estimate of drug-likeness (QED) is 0.435. The van der Waals surface area contributed by atoms with Crippen LogP contribution < -0.4 is 0 Å². The van der Waals surface area contributed by atoms with Gasteiger partial charge in [-0.3, -0.25) is 0 Å². The summed E-state index contributed by atoms with van der Waals surface area (Å²) in [4.78, 5) is 0. The lowest BCUT2D eigenvalue weighted by molar-refractivity contribution is 0.413. The van der Waals surface area contributed by atoms with E-state index in [1.54, 1.807) is 0 Å². The van der Waals surface area contributed by atoms with Crippen molar-refractivity contribution in [2.75, 3.05) is 0 Å². The molecule has 0 nitrogen and oxygen atoms in total. The van der Waals surface area contributed by atoms with Crippen molar-refractivity contribution in [3.63, 3.8) is 0 Å². The molecule has 2 atom stereocenters. The standard InChI is InChI=1S/C21H34/c1-18(2)10-8-11-19(3)12-9-13-20(4)16-17-21-14-6-5-7-15-21/h5-7,14-20H,8-13H2,1-4H3/b17-16+. The van der Waals surface area contributed by atoms with E-state index in [2.05, 4.69) is 70.2 Å². The molecule has 1 rings (SSSR count). The molecule has 0 fully saturated rings. The maximum absolute atomic E-state index is 2.42. The molecule has 0 spiro atoms. The van der Waals surface area contributed by atoms with Crippen molar-refractivity contribution in [3.05, 3.63) is 42.0 Å². The third-order valence-electron chi connectivity index (χ3n) is 4.25. The first kappa shape index (κ1) is 18.0. The summed E-state index contributed by atoms with van der Waals surface area (Å²) in [5.41, 5.74) is 1.31. The van der Waals surface area contributed by atoms with Crippen LogP contribution in [0.3, 0.4) is 0 Å². The molecule has 0 heterocycles. The van der Waals surface area contributed by atoms with Crippen molar-refractivity contribution in [2.24, 2.45) is 17.8 Å². The first-order valence-electron chi connectivity index (χ1n) is 8.81. The molecule has 0 bridgehead atoms. The van der Waals surface area contributed by atoms with Crippen molar-refractivity contribution < 1.29 is 0 Å². The Bertz CT molecular complexity index is 374. The van der Waals surface area contributed by atoms with Gasteiger partial charge in [0, 0.05) is 0 Å². The fourth-order valence-corrected chi connectivity index (χ4v) is 2.74. The Kier molecular flexibility index (Phi) is 9.14. The zero-order valence-corrected chi connectivity index (χ0v) is 14.5. The van der Waals surface area contributed by atoms with E-state index in [1.165, 1.54) is 44.1 Å². The summed E-state index contributed by atoms with van der Waals surface area (Å²) >= 11 is 0. The third kappa shape index (κ3) is 9.50. The molecule has 1 aromatic carbocycles. The van der Waals surface area contributed by atoms with Gasteiger partial charge in [-0.1, -0.05) is 102 Å². The van der Waals surface area contributed by atoms with E-state index >= 15 is 0 Å². The average molecular weight is 287 g/mol. The summed E-state index contributed by atoms with van der Waals surface area (Å²) in [6.45, 7) is 9.41. The van der Waals surface area contributed by atoms with Gasteiger partial charge in [0.1, 0.15) is 0 Å². The SMILES string of the molecule is CC(C)CCCC(C)CCCC(C)/C=C/c1ccccc1.